The van der Waals surface area contributed by atoms with Crippen LogP contribution >= 0.6 is 11.6 Å². The first-order valence-electron chi connectivity index (χ1n) is 8.34. The van der Waals surface area contributed by atoms with Crippen LogP contribution in [0.1, 0.15) is 33.5 Å². The molecule has 7 nitrogen and oxygen atoms in total. The highest BCUT2D eigenvalue weighted by Crippen LogP contribution is 2.34. The highest BCUT2D eigenvalue weighted by Gasteiger charge is 2.35. The van der Waals surface area contributed by atoms with E-state index in [1.807, 2.05) is 13.8 Å². The molecular weight excluding hydrogens is 330 g/mol. The van der Waals surface area contributed by atoms with Crippen molar-refractivity contribution in [3.63, 3.8) is 0 Å². The van der Waals surface area contributed by atoms with Gasteiger partial charge in [0.2, 0.25) is 5.28 Å². The van der Waals surface area contributed by atoms with Crippen molar-refractivity contribution in [3.05, 3.63) is 11.1 Å². The summed E-state index contributed by atoms with van der Waals surface area (Å²) in [6, 6.07) is 0. The number of aromatic nitrogens is 4. The van der Waals surface area contributed by atoms with E-state index in [1.165, 1.54) is 0 Å². The molecule has 130 valence electrons. The van der Waals surface area contributed by atoms with Crippen LogP contribution in [0.4, 0.5) is 5.82 Å². The number of anilines is 1. The number of halogens is 1. The van der Waals surface area contributed by atoms with Crippen molar-refractivity contribution in [3.8, 4) is 0 Å². The summed E-state index contributed by atoms with van der Waals surface area (Å²) < 4.78 is 13.8. The Hall–Kier alpha value is -1.44. The molecule has 0 N–H and O–H groups in total. The van der Waals surface area contributed by atoms with Gasteiger partial charge in [0.15, 0.2) is 17.0 Å². The van der Waals surface area contributed by atoms with Crippen LogP contribution in [0.25, 0.3) is 11.2 Å². The Labute approximate surface area is 145 Å². The molecule has 0 amide bonds. The lowest BCUT2D eigenvalue weighted by Crippen LogP contribution is -2.46. The number of morpholine rings is 1. The molecule has 1 fully saturated rings. The Morgan fingerprint density at radius 3 is 2.54 bits per heavy atom. The van der Waals surface area contributed by atoms with Crippen molar-refractivity contribution in [2.24, 2.45) is 0 Å². The molecule has 0 aromatic carbocycles. The summed E-state index contributed by atoms with van der Waals surface area (Å²) in [5, 5.41) is 0.247. The van der Waals surface area contributed by atoms with Crippen LogP contribution in [0, 0.1) is 0 Å². The van der Waals surface area contributed by atoms with Crippen LogP contribution in [0.2, 0.25) is 5.28 Å². The summed E-state index contributed by atoms with van der Waals surface area (Å²) in [5.41, 5.74) is 1.12. The van der Waals surface area contributed by atoms with Crippen LogP contribution in [0.15, 0.2) is 0 Å². The minimum absolute atomic E-state index is 0.134. The minimum Gasteiger partial charge on any atom is -0.372 e. The standard InChI is InChI=1S/C16H22ClN5O2/c1-9-7-21(8-10(2)24-9)12-11-13(20-15(17)19-12)22-5-6-23-16(3,4)14(22)18-11/h9-10H,5-8H2,1-4H3. The molecular formula is C16H22ClN5O2. The number of hydrogen-bond donors (Lipinski definition) is 0. The van der Waals surface area contributed by atoms with Gasteiger partial charge in [0, 0.05) is 19.6 Å². The zero-order chi connectivity index (χ0) is 17.1. The normalized spacial score (nSPS) is 26.6. The number of rotatable bonds is 1. The average Bonchev–Trinajstić information content (AvgIpc) is 2.85. The summed E-state index contributed by atoms with van der Waals surface area (Å²) in [7, 11) is 0. The fourth-order valence-corrected chi connectivity index (χ4v) is 3.82. The van der Waals surface area contributed by atoms with E-state index in [0.717, 1.165) is 42.4 Å². The Morgan fingerprint density at radius 1 is 1.12 bits per heavy atom. The maximum Gasteiger partial charge on any atom is 0.226 e. The maximum atomic E-state index is 6.23. The van der Waals surface area contributed by atoms with Gasteiger partial charge in [-0.25, -0.2) is 4.98 Å². The van der Waals surface area contributed by atoms with Crippen molar-refractivity contribution in [2.45, 2.75) is 52.0 Å². The second kappa shape index (κ2) is 5.54. The Morgan fingerprint density at radius 2 is 1.83 bits per heavy atom. The molecule has 2 unspecified atom stereocenters. The molecule has 0 saturated carbocycles. The zero-order valence-corrected chi connectivity index (χ0v) is 15.2. The van der Waals surface area contributed by atoms with Crippen molar-refractivity contribution < 1.29 is 9.47 Å². The van der Waals surface area contributed by atoms with Gasteiger partial charge in [0.05, 0.1) is 18.8 Å². The van der Waals surface area contributed by atoms with Gasteiger partial charge >= 0.3 is 0 Å². The molecule has 0 bridgehead atoms. The lowest BCUT2D eigenvalue weighted by atomic mass is 10.1. The molecule has 4 heterocycles. The van der Waals surface area contributed by atoms with Gasteiger partial charge in [-0.05, 0) is 39.3 Å². The largest absolute Gasteiger partial charge is 0.372 e. The molecule has 4 rings (SSSR count). The number of fused-ring (bicyclic) bond motifs is 3. The molecule has 0 radical (unpaired) electrons. The third kappa shape index (κ3) is 2.55. The highest BCUT2D eigenvalue weighted by atomic mass is 35.5. The molecule has 0 aliphatic carbocycles. The van der Waals surface area contributed by atoms with E-state index in [9.17, 15) is 0 Å². The summed E-state index contributed by atoms with van der Waals surface area (Å²) in [6.45, 7) is 11.1. The van der Waals surface area contributed by atoms with Gasteiger partial charge in [0.25, 0.3) is 0 Å². The third-order valence-corrected chi connectivity index (χ3v) is 4.75. The van der Waals surface area contributed by atoms with Gasteiger partial charge in [-0.1, -0.05) is 0 Å². The minimum atomic E-state index is -0.450. The van der Waals surface area contributed by atoms with E-state index in [1.54, 1.807) is 0 Å². The average molecular weight is 352 g/mol. The predicted octanol–water partition coefficient (Wildman–Crippen LogP) is 2.36. The molecule has 2 aromatic rings. The van der Waals surface area contributed by atoms with E-state index in [2.05, 4.69) is 33.3 Å². The van der Waals surface area contributed by atoms with Crippen molar-refractivity contribution >= 4 is 28.6 Å². The Balaban J connectivity index is 1.89. The predicted molar refractivity (Wildman–Crippen MR) is 91.5 cm³/mol. The van der Waals surface area contributed by atoms with Crippen LogP contribution in [-0.2, 0) is 21.6 Å². The second-order valence-corrected chi connectivity index (χ2v) is 7.43. The van der Waals surface area contributed by atoms with Crippen LogP contribution in [-0.4, -0.2) is 51.4 Å². The molecule has 2 atom stereocenters. The fraction of sp³-hybridized carbons (Fsp3) is 0.688. The summed E-state index contributed by atoms with van der Waals surface area (Å²) in [4.78, 5) is 16.0. The van der Waals surface area contributed by atoms with Crippen molar-refractivity contribution in [1.82, 2.24) is 19.5 Å². The first-order chi connectivity index (χ1) is 11.3. The smallest absolute Gasteiger partial charge is 0.226 e. The number of imidazole rings is 1. The zero-order valence-electron chi connectivity index (χ0n) is 14.4. The SMILES string of the molecule is CC1CN(c2nc(Cl)nc3c2nc2n3CCOC2(C)C)CC(C)O1. The van der Waals surface area contributed by atoms with Crippen molar-refractivity contribution in [1.29, 1.82) is 0 Å². The summed E-state index contributed by atoms with van der Waals surface area (Å²) >= 11 is 6.23. The van der Waals surface area contributed by atoms with Crippen LogP contribution in [0.3, 0.4) is 0 Å². The van der Waals surface area contributed by atoms with Crippen LogP contribution in [0.5, 0.6) is 0 Å². The Bertz CT molecular complexity index is 780. The lowest BCUT2D eigenvalue weighted by molar-refractivity contribution is -0.0530. The molecule has 8 heteroatoms. The first kappa shape index (κ1) is 16.1. The fourth-order valence-electron chi connectivity index (χ4n) is 3.66. The van der Waals surface area contributed by atoms with E-state index in [4.69, 9.17) is 26.1 Å². The van der Waals surface area contributed by atoms with Gasteiger partial charge in [-0.2, -0.15) is 9.97 Å². The summed E-state index contributed by atoms with van der Waals surface area (Å²) in [5.74, 6) is 1.65. The van der Waals surface area contributed by atoms with E-state index in [-0.39, 0.29) is 17.5 Å². The van der Waals surface area contributed by atoms with Gasteiger partial charge in [0.1, 0.15) is 11.4 Å². The van der Waals surface area contributed by atoms with Crippen molar-refractivity contribution in [2.75, 3.05) is 24.6 Å². The van der Waals surface area contributed by atoms with E-state index < -0.39 is 5.60 Å². The maximum absolute atomic E-state index is 6.23. The number of ether oxygens (including phenoxy) is 2. The first-order valence-corrected chi connectivity index (χ1v) is 8.71. The molecule has 24 heavy (non-hydrogen) atoms. The van der Waals surface area contributed by atoms with Gasteiger partial charge in [-0.15, -0.1) is 0 Å². The van der Waals surface area contributed by atoms with Crippen LogP contribution < -0.4 is 4.90 Å². The highest BCUT2D eigenvalue weighted by molar-refractivity contribution is 6.28. The second-order valence-electron chi connectivity index (χ2n) is 7.10. The Kier molecular flexibility index (Phi) is 3.71. The van der Waals surface area contributed by atoms with E-state index in [0.29, 0.717) is 6.61 Å². The van der Waals surface area contributed by atoms with Gasteiger partial charge in [-0.3, -0.25) is 0 Å². The quantitative estimate of drug-likeness (QED) is 0.735. The molecule has 1 saturated heterocycles. The number of nitrogens with zero attached hydrogens (tertiary/aromatic N) is 5. The molecule has 2 aliphatic rings. The molecule has 2 aromatic heterocycles. The molecule has 2 aliphatic heterocycles. The van der Waals surface area contributed by atoms with E-state index >= 15 is 0 Å². The monoisotopic (exact) mass is 351 g/mol. The topological polar surface area (TPSA) is 65.3 Å². The van der Waals surface area contributed by atoms with Gasteiger partial charge < -0.3 is 18.9 Å². The lowest BCUT2D eigenvalue weighted by Gasteiger charge is -2.36. The third-order valence-electron chi connectivity index (χ3n) is 4.58. The molecule has 0 spiro atoms. The number of hydrogen-bond acceptors (Lipinski definition) is 6. The summed E-state index contributed by atoms with van der Waals surface area (Å²) in [6.07, 6.45) is 0.268.